The van der Waals surface area contributed by atoms with E-state index in [2.05, 4.69) is 10.6 Å². The first-order valence-corrected chi connectivity index (χ1v) is 7.14. The molecule has 0 saturated carbocycles. The number of hydrogen-bond acceptors (Lipinski definition) is 5. The lowest BCUT2D eigenvalue weighted by Gasteiger charge is -2.06. The minimum absolute atomic E-state index is 0.0572. The fraction of sp³-hybridized carbons (Fsp3) is 0.0556. The van der Waals surface area contributed by atoms with Gasteiger partial charge in [-0.2, -0.15) is 5.26 Å². The average molecular weight is 320 g/mol. The van der Waals surface area contributed by atoms with Crippen LogP contribution in [-0.4, -0.2) is 11.7 Å². The first kappa shape index (κ1) is 16.8. The van der Waals surface area contributed by atoms with Gasteiger partial charge in [0.05, 0.1) is 0 Å². The zero-order valence-corrected chi connectivity index (χ0v) is 13.0. The molecule has 0 heterocycles. The van der Waals surface area contributed by atoms with Crippen molar-refractivity contribution in [3.8, 4) is 6.07 Å². The Kier molecular flexibility index (Phi) is 5.32. The number of nitriles is 1. The van der Waals surface area contributed by atoms with Crippen molar-refractivity contribution in [3.63, 3.8) is 0 Å². The molecular formula is C18H16N4O2. The summed E-state index contributed by atoms with van der Waals surface area (Å²) in [7, 11) is 0. The van der Waals surface area contributed by atoms with Crippen LogP contribution in [-0.2, 0) is 4.79 Å². The van der Waals surface area contributed by atoms with Crippen LogP contribution in [0.2, 0.25) is 0 Å². The molecule has 0 radical (unpaired) electrons. The maximum Gasteiger partial charge on any atom is 0.267 e. The van der Waals surface area contributed by atoms with Crippen molar-refractivity contribution in [1.29, 1.82) is 5.26 Å². The molecule has 4 N–H and O–H groups in total. The smallest absolute Gasteiger partial charge is 0.267 e. The Labute approximate surface area is 139 Å². The van der Waals surface area contributed by atoms with Gasteiger partial charge in [0.15, 0.2) is 5.78 Å². The van der Waals surface area contributed by atoms with Gasteiger partial charge in [-0.15, -0.1) is 0 Å². The molecule has 6 heteroatoms. The molecule has 0 saturated heterocycles. The lowest BCUT2D eigenvalue weighted by atomic mass is 10.1. The van der Waals surface area contributed by atoms with E-state index < -0.39 is 5.91 Å². The number of Topliss-reactive ketones (excluding diaryl/α,β-unsaturated/α-hetero) is 1. The van der Waals surface area contributed by atoms with E-state index >= 15 is 0 Å². The summed E-state index contributed by atoms with van der Waals surface area (Å²) in [6.07, 6.45) is 1.32. The maximum absolute atomic E-state index is 12.1. The van der Waals surface area contributed by atoms with Gasteiger partial charge in [0.1, 0.15) is 11.6 Å². The molecule has 0 atom stereocenters. The van der Waals surface area contributed by atoms with Gasteiger partial charge in [-0.05, 0) is 55.5 Å². The van der Waals surface area contributed by atoms with E-state index in [1.807, 2.05) is 6.07 Å². The Balaban J connectivity index is 2.05. The second-order valence-corrected chi connectivity index (χ2v) is 5.02. The monoisotopic (exact) mass is 320 g/mol. The van der Waals surface area contributed by atoms with Crippen LogP contribution >= 0.6 is 0 Å². The van der Waals surface area contributed by atoms with Gasteiger partial charge in [0.25, 0.3) is 5.91 Å². The highest BCUT2D eigenvalue weighted by Crippen LogP contribution is 2.13. The Morgan fingerprint density at radius 1 is 1.04 bits per heavy atom. The molecule has 24 heavy (non-hydrogen) atoms. The molecule has 2 aromatic rings. The maximum atomic E-state index is 12.1. The van der Waals surface area contributed by atoms with Crippen molar-refractivity contribution in [2.45, 2.75) is 6.92 Å². The fourth-order valence-electron chi connectivity index (χ4n) is 1.87. The van der Waals surface area contributed by atoms with E-state index in [-0.39, 0.29) is 11.4 Å². The number of carbonyl (C=O) groups excluding carboxylic acids is 2. The number of hydrogen-bond donors (Lipinski definition) is 3. The van der Waals surface area contributed by atoms with Crippen LogP contribution in [0.25, 0.3) is 0 Å². The number of benzene rings is 2. The van der Waals surface area contributed by atoms with Gasteiger partial charge in [-0.1, -0.05) is 0 Å². The first-order chi connectivity index (χ1) is 11.5. The molecule has 0 unspecified atom stereocenters. The fourth-order valence-corrected chi connectivity index (χ4v) is 1.87. The first-order valence-electron chi connectivity index (χ1n) is 7.14. The summed E-state index contributed by atoms with van der Waals surface area (Å²) in [5, 5.41) is 14.6. The van der Waals surface area contributed by atoms with Crippen LogP contribution in [0.15, 0.2) is 60.3 Å². The Morgan fingerprint density at radius 3 is 2.17 bits per heavy atom. The van der Waals surface area contributed by atoms with Gasteiger partial charge in [0, 0.05) is 28.8 Å². The van der Waals surface area contributed by atoms with Crippen molar-refractivity contribution >= 4 is 28.8 Å². The van der Waals surface area contributed by atoms with E-state index in [0.29, 0.717) is 22.6 Å². The van der Waals surface area contributed by atoms with Crippen LogP contribution in [0, 0.1) is 11.3 Å². The van der Waals surface area contributed by atoms with Crippen molar-refractivity contribution in [1.82, 2.24) is 0 Å². The second kappa shape index (κ2) is 7.61. The number of rotatable bonds is 5. The topological polar surface area (TPSA) is 108 Å². The Hall–Kier alpha value is -3.59. The summed E-state index contributed by atoms with van der Waals surface area (Å²) in [6, 6.07) is 15.2. The highest BCUT2D eigenvalue weighted by atomic mass is 16.1. The van der Waals surface area contributed by atoms with E-state index in [9.17, 15) is 9.59 Å². The standard InChI is InChI=1S/C18H16N4O2/c1-12(23)13-2-6-17(7-3-13)22-18(24)14(10-19)11-21-16-8-4-15(20)5-9-16/h2-9,11,21H,20H2,1H3,(H,22,24)/b14-11-. The van der Waals surface area contributed by atoms with E-state index in [4.69, 9.17) is 11.0 Å². The molecule has 2 rings (SSSR count). The highest BCUT2D eigenvalue weighted by molar-refractivity contribution is 6.07. The van der Waals surface area contributed by atoms with Crippen LogP contribution in [0.3, 0.4) is 0 Å². The molecule has 0 spiro atoms. The second-order valence-electron chi connectivity index (χ2n) is 5.02. The minimum atomic E-state index is -0.545. The zero-order valence-electron chi connectivity index (χ0n) is 13.0. The minimum Gasteiger partial charge on any atom is -0.399 e. The molecule has 0 aliphatic rings. The summed E-state index contributed by atoms with van der Waals surface area (Å²) in [6.45, 7) is 1.47. The molecule has 6 nitrogen and oxygen atoms in total. The molecule has 0 aliphatic carbocycles. The normalized spacial score (nSPS) is 10.6. The Morgan fingerprint density at radius 2 is 1.62 bits per heavy atom. The van der Waals surface area contributed by atoms with Gasteiger partial charge >= 0.3 is 0 Å². The molecule has 0 aromatic heterocycles. The third-order valence-corrected chi connectivity index (χ3v) is 3.21. The molecule has 0 aliphatic heterocycles. The number of nitrogens with one attached hydrogen (secondary N) is 2. The number of nitrogen functional groups attached to an aromatic ring is 1. The number of anilines is 3. The largest absolute Gasteiger partial charge is 0.399 e. The Bertz CT molecular complexity index is 816. The van der Waals surface area contributed by atoms with E-state index in [1.165, 1.54) is 13.1 Å². The van der Waals surface area contributed by atoms with Crippen molar-refractivity contribution in [2.75, 3.05) is 16.4 Å². The molecule has 120 valence electrons. The number of carbonyl (C=O) groups is 2. The van der Waals surface area contributed by atoms with Gasteiger partial charge < -0.3 is 16.4 Å². The van der Waals surface area contributed by atoms with E-state index in [1.54, 1.807) is 48.5 Å². The third-order valence-electron chi connectivity index (χ3n) is 3.21. The number of amides is 1. The van der Waals surface area contributed by atoms with Crippen LogP contribution in [0.5, 0.6) is 0 Å². The van der Waals surface area contributed by atoms with Crippen LogP contribution < -0.4 is 16.4 Å². The van der Waals surface area contributed by atoms with Crippen LogP contribution in [0.1, 0.15) is 17.3 Å². The summed E-state index contributed by atoms with van der Waals surface area (Å²) >= 11 is 0. The molecule has 2 aromatic carbocycles. The SMILES string of the molecule is CC(=O)c1ccc(NC(=O)/C(C#N)=C\Nc2ccc(N)cc2)cc1. The number of ketones is 1. The molecule has 0 fully saturated rings. The van der Waals surface area contributed by atoms with Crippen molar-refractivity contribution in [3.05, 3.63) is 65.9 Å². The quantitative estimate of drug-likeness (QED) is 0.340. The van der Waals surface area contributed by atoms with Gasteiger partial charge in [0.2, 0.25) is 0 Å². The summed E-state index contributed by atoms with van der Waals surface area (Å²) in [5.41, 5.74) is 7.89. The van der Waals surface area contributed by atoms with Gasteiger partial charge in [-0.3, -0.25) is 9.59 Å². The number of nitrogens with two attached hydrogens (primary N) is 1. The average Bonchev–Trinajstić information content (AvgIpc) is 2.57. The van der Waals surface area contributed by atoms with Gasteiger partial charge in [-0.25, -0.2) is 0 Å². The highest BCUT2D eigenvalue weighted by Gasteiger charge is 2.09. The van der Waals surface area contributed by atoms with Crippen LogP contribution in [0.4, 0.5) is 17.1 Å². The zero-order chi connectivity index (χ0) is 17.5. The molecule has 0 bridgehead atoms. The lowest BCUT2D eigenvalue weighted by molar-refractivity contribution is -0.112. The van der Waals surface area contributed by atoms with E-state index in [0.717, 1.165) is 0 Å². The summed E-state index contributed by atoms with van der Waals surface area (Å²) < 4.78 is 0. The van der Waals surface area contributed by atoms with Crippen molar-refractivity contribution < 1.29 is 9.59 Å². The molecular weight excluding hydrogens is 304 g/mol. The predicted octanol–water partition coefficient (Wildman–Crippen LogP) is 2.93. The van der Waals surface area contributed by atoms with Crippen molar-refractivity contribution in [2.24, 2.45) is 0 Å². The lowest BCUT2D eigenvalue weighted by Crippen LogP contribution is -2.14. The summed E-state index contributed by atoms with van der Waals surface area (Å²) in [4.78, 5) is 23.3. The predicted molar refractivity (Wildman–Crippen MR) is 93.2 cm³/mol. The number of nitrogens with zero attached hydrogens (tertiary/aromatic N) is 1. The summed E-state index contributed by atoms with van der Waals surface area (Å²) in [5.74, 6) is -0.603. The molecule has 1 amide bonds. The third kappa shape index (κ3) is 4.45.